The van der Waals surface area contributed by atoms with Gasteiger partial charge in [0.05, 0.1) is 5.02 Å². The van der Waals surface area contributed by atoms with E-state index in [9.17, 15) is 9.59 Å². The van der Waals surface area contributed by atoms with Gasteiger partial charge in [-0.05, 0) is 12.1 Å². The molecule has 1 aromatic rings. The Morgan fingerprint density at radius 2 is 2.11 bits per heavy atom. The molecule has 0 saturated carbocycles. The van der Waals surface area contributed by atoms with Gasteiger partial charge in [0.2, 0.25) is 0 Å². The van der Waals surface area contributed by atoms with Crippen LogP contribution in [0.5, 0.6) is 0 Å². The van der Waals surface area contributed by atoms with Crippen LogP contribution in [0.4, 0.5) is 0 Å². The van der Waals surface area contributed by atoms with E-state index in [0.717, 1.165) is 4.90 Å². The van der Waals surface area contributed by atoms with Crippen molar-refractivity contribution in [2.24, 2.45) is 0 Å². The van der Waals surface area contributed by atoms with E-state index in [2.05, 4.69) is 11.6 Å². The largest absolute Gasteiger partial charge is 0.480 e. The molecule has 1 N–H and O–H groups in total. The summed E-state index contributed by atoms with van der Waals surface area (Å²) in [5.41, 5.74) is -0.0766. The number of carbonyl (C=O) groups is 2. The van der Waals surface area contributed by atoms with Crippen LogP contribution in [-0.4, -0.2) is 40.0 Å². The van der Waals surface area contributed by atoms with E-state index >= 15 is 0 Å². The van der Waals surface area contributed by atoms with E-state index in [1.54, 1.807) is 0 Å². The molecule has 0 aromatic carbocycles. The third kappa shape index (κ3) is 3.72. The van der Waals surface area contributed by atoms with Gasteiger partial charge in [-0.2, -0.15) is 0 Å². The summed E-state index contributed by atoms with van der Waals surface area (Å²) in [5, 5.41) is 8.95. The number of aromatic nitrogens is 1. The Hall–Kier alpha value is -1.59. The molecule has 0 spiro atoms. The van der Waals surface area contributed by atoms with Crippen LogP contribution in [0.3, 0.4) is 0 Å². The number of hydrogen-bond donors (Lipinski definition) is 1. The smallest absolute Gasteiger partial charge is 0.323 e. The lowest BCUT2D eigenvalue weighted by molar-refractivity contribution is -0.137. The van der Waals surface area contributed by atoms with Crippen molar-refractivity contribution in [3.8, 4) is 0 Å². The SMILES string of the molecule is C=CCN(CC(=O)O)C(=O)c1nc(Cl)ccc1Cl. The summed E-state index contributed by atoms with van der Waals surface area (Å²) in [4.78, 5) is 27.6. The fourth-order valence-electron chi connectivity index (χ4n) is 1.26. The summed E-state index contributed by atoms with van der Waals surface area (Å²) in [6, 6.07) is 2.87. The fraction of sp³-hybridized carbons (Fsp3) is 0.182. The quantitative estimate of drug-likeness (QED) is 0.665. The van der Waals surface area contributed by atoms with E-state index in [0.29, 0.717) is 0 Å². The van der Waals surface area contributed by atoms with Crippen molar-refractivity contribution >= 4 is 35.1 Å². The molecule has 0 aliphatic rings. The zero-order valence-corrected chi connectivity index (χ0v) is 10.8. The molecule has 1 amide bonds. The Labute approximate surface area is 114 Å². The van der Waals surface area contributed by atoms with Crippen molar-refractivity contribution < 1.29 is 14.7 Å². The van der Waals surface area contributed by atoms with Crippen LogP contribution in [0.15, 0.2) is 24.8 Å². The van der Waals surface area contributed by atoms with Gasteiger partial charge >= 0.3 is 5.97 Å². The minimum atomic E-state index is -1.14. The molecule has 7 heteroatoms. The van der Waals surface area contributed by atoms with E-state index < -0.39 is 18.4 Å². The number of pyridine rings is 1. The highest BCUT2D eigenvalue weighted by Gasteiger charge is 2.21. The molecule has 0 fully saturated rings. The van der Waals surface area contributed by atoms with Gasteiger partial charge in [-0.15, -0.1) is 6.58 Å². The van der Waals surface area contributed by atoms with Crippen LogP contribution in [0.25, 0.3) is 0 Å². The molecule has 1 rings (SSSR count). The number of nitrogens with zero attached hydrogens (tertiary/aromatic N) is 2. The van der Waals surface area contributed by atoms with Gasteiger partial charge in [0.1, 0.15) is 17.4 Å². The van der Waals surface area contributed by atoms with Crippen LogP contribution >= 0.6 is 23.2 Å². The molecule has 18 heavy (non-hydrogen) atoms. The number of hydrogen-bond acceptors (Lipinski definition) is 3. The minimum absolute atomic E-state index is 0.0766. The van der Waals surface area contributed by atoms with Crippen LogP contribution < -0.4 is 0 Å². The van der Waals surface area contributed by atoms with Crippen molar-refractivity contribution in [1.82, 2.24) is 9.88 Å². The molecule has 0 radical (unpaired) electrons. The minimum Gasteiger partial charge on any atom is -0.480 e. The lowest BCUT2D eigenvalue weighted by Gasteiger charge is -2.18. The average molecular weight is 289 g/mol. The summed E-state index contributed by atoms with van der Waals surface area (Å²) in [6.07, 6.45) is 1.42. The maximum Gasteiger partial charge on any atom is 0.323 e. The highest BCUT2D eigenvalue weighted by Crippen LogP contribution is 2.18. The van der Waals surface area contributed by atoms with E-state index in [4.69, 9.17) is 28.3 Å². The van der Waals surface area contributed by atoms with Gasteiger partial charge in [0.25, 0.3) is 5.91 Å². The first kappa shape index (κ1) is 14.5. The Bertz CT molecular complexity index is 491. The molecule has 0 bridgehead atoms. The molecular weight excluding hydrogens is 279 g/mol. The van der Waals surface area contributed by atoms with Crippen LogP contribution in [0.2, 0.25) is 10.2 Å². The van der Waals surface area contributed by atoms with E-state index in [1.165, 1.54) is 18.2 Å². The predicted molar refractivity (Wildman–Crippen MR) is 68.0 cm³/mol. The maximum atomic E-state index is 12.1. The molecule has 0 aliphatic heterocycles. The number of amides is 1. The van der Waals surface area contributed by atoms with Gasteiger partial charge in [-0.1, -0.05) is 29.3 Å². The first-order valence-corrected chi connectivity index (χ1v) is 5.65. The van der Waals surface area contributed by atoms with Gasteiger partial charge in [0.15, 0.2) is 0 Å². The van der Waals surface area contributed by atoms with Crippen molar-refractivity contribution in [2.75, 3.05) is 13.1 Å². The molecular formula is C11H10Cl2N2O3. The second-order valence-electron chi connectivity index (χ2n) is 3.33. The number of rotatable bonds is 5. The lowest BCUT2D eigenvalue weighted by Crippen LogP contribution is -2.36. The molecule has 5 nitrogen and oxygen atoms in total. The van der Waals surface area contributed by atoms with E-state index in [1.807, 2.05) is 0 Å². The zero-order valence-electron chi connectivity index (χ0n) is 9.27. The molecule has 0 unspecified atom stereocenters. The monoisotopic (exact) mass is 288 g/mol. The second kappa shape index (κ2) is 6.37. The van der Waals surface area contributed by atoms with Crippen molar-refractivity contribution in [2.45, 2.75) is 0 Å². The third-order valence-electron chi connectivity index (χ3n) is 1.98. The summed E-state index contributed by atoms with van der Waals surface area (Å²) >= 11 is 11.5. The molecule has 1 heterocycles. The molecule has 0 atom stereocenters. The highest BCUT2D eigenvalue weighted by atomic mass is 35.5. The lowest BCUT2D eigenvalue weighted by atomic mass is 10.3. The normalized spacial score (nSPS) is 9.89. The van der Waals surface area contributed by atoms with Gasteiger partial charge in [0, 0.05) is 6.54 Å². The van der Waals surface area contributed by atoms with Crippen molar-refractivity contribution in [3.05, 3.63) is 40.7 Å². The first-order valence-electron chi connectivity index (χ1n) is 4.89. The summed E-state index contributed by atoms with van der Waals surface area (Å²) in [5.74, 6) is -1.74. The van der Waals surface area contributed by atoms with E-state index in [-0.39, 0.29) is 22.4 Å². The Balaban J connectivity index is 3.04. The Morgan fingerprint density at radius 1 is 1.44 bits per heavy atom. The summed E-state index contributed by atoms with van der Waals surface area (Å²) in [7, 11) is 0. The summed E-state index contributed by atoms with van der Waals surface area (Å²) in [6.45, 7) is 3.07. The fourth-order valence-corrected chi connectivity index (χ4v) is 1.59. The van der Waals surface area contributed by atoms with Crippen LogP contribution in [0, 0.1) is 0 Å². The third-order valence-corrected chi connectivity index (χ3v) is 2.49. The van der Waals surface area contributed by atoms with Crippen LogP contribution in [-0.2, 0) is 4.79 Å². The number of carbonyl (C=O) groups excluding carboxylic acids is 1. The molecule has 0 saturated heterocycles. The Kier molecular flexibility index (Phi) is 5.12. The van der Waals surface area contributed by atoms with Crippen molar-refractivity contribution in [3.63, 3.8) is 0 Å². The highest BCUT2D eigenvalue weighted by molar-refractivity contribution is 6.34. The number of carboxylic acid groups (broad SMARTS) is 1. The van der Waals surface area contributed by atoms with Gasteiger partial charge in [-0.25, -0.2) is 4.98 Å². The predicted octanol–water partition coefficient (Wildman–Crippen LogP) is 2.10. The molecule has 96 valence electrons. The average Bonchev–Trinajstić information content (AvgIpc) is 2.30. The standard InChI is InChI=1S/C11H10Cl2N2O3/c1-2-5-15(6-9(16)17)11(18)10-7(12)3-4-8(13)14-10/h2-4H,1,5-6H2,(H,16,17). The summed E-state index contributed by atoms with van der Waals surface area (Å²) < 4.78 is 0. The number of aliphatic carboxylic acids is 1. The maximum absolute atomic E-state index is 12.1. The number of carboxylic acids is 1. The topological polar surface area (TPSA) is 70.5 Å². The second-order valence-corrected chi connectivity index (χ2v) is 4.13. The first-order chi connectivity index (χ1) is 8.45. The Morgan fingerprint density at radius 3 is 2.67 bits per heavy atom. The van der Waals surface area contributed by atoms with Gasteiger partial charge in [-0.3, -0.25) is 9.59 Å². The van der Waals surface area contributed by atoms with Crippen molar-refractivity contribution in [1.29, 1.82) is 0 Å². The van der Waals surface area contributed by atoms with Crippen LogP contribution in [0.1, 0.15) is 10.5 Å². The molecule has 1 aromatic heterocycles. The zero-order chi connectivity index (χ0) is 13.7. The number of halogens is 2. The van der Waals surface area contributed by atoms with Gasteiger partial charge < -0.3 is 10.0 Å². The molecule has 0 aliphatic carbocycles.